The Morgan fingerprint density at radius 1 is 1.17 bits per heavy atom. The first-order valence-electron chi connectivity index (χ1n) is 8.34. The van der Waals surface area contributed by atoms with E-state index in [1.807, 2.05) is 37.3 Å². The molecule has 1 aromatic carbocycles. The first-order chi connectivity index (χ1) is 11.3. The number of nitrogens with zero attached hydrogens (tertiary/aromatic N) is 3. The summed E-state index contributed by atoms with van der Waals surface area (Å²) in [5.41, 5.74) is 0.881. The van der Waals surface area contributed by atoms with Gasteiger partial charge in [0.1, 0.15) is 0 Å². The lowest BCUT2D eigenvalue weighted by Gasteiger charge is -2.35. The van der Waals surface area contributed by atoms with E-state index in [9.17, 15) is 13.2 Å². The molecule has 0 bridgehead atoms. The molecule has 1 aromatic rings. The molecule has 0 aliphatic carbocycles. The molecule has 1 aliphatic rings. The van der Waals surface area contributed by atoms with E-state index < -0.39 is 10.0 Å². The molecule has 134 valence electrons. The van der Waals surface area contributed by atoms with Gasteiger partial charge in [-0.25, -0.2) is 8.42 Å². The van der Waals surface area contributed by atoms with Crippen LogP contribution in [0.3, 0.4) is 0 Å². The zero-order valence-electron chi connectivity index (χ0n) is 14.7. The molecule has 0 radical (unpaired) electrons. The zero-order valence-corrected chi connectivity index (χ0v) is 15.5. The molecule has 0 saturated carbocycles. The first kappa shape index (κ1) is 18.9. The SMILES string of the molecule is CCN1CCN(C(=O)CN(C(C)c2ccccc2)S(C)(=O)=O)CC1. The van der Waals surface area contributed by atoms with Crippen LogP contribution in [-0.2, 0) is 14.8 Å². The predicted octanol–water partition coefficient (Wildman–Crippen LogP) is 1.17. The summed E-state index contributed by atoms with van der Waals surface area (Å²) in [6, 6.07) is 9.03. The second-order valence-corrected chi connectivity index (χ2v) is 8.14. The van der Waals surface area contributed by atoms with Crippen LogP contribution in [0, 0.1) is 0 Å². The van der Waals surface area contributed by atoms with Crippen LogP contribution in [0.4, 0.5) is 0 Å². The Bertz CT molecular complexity index is 640. The van der Waals surface area contributed by atoms with Crippen LogP contribution in [0.15, 0.2) is 30.3 Å². The molecule has 0 aromatic heterocycles. The molecule has 1 amide bonds. The van der Waals surface area contributed by atoms with E-state index in [0.717, 1.165) is 31.5 Å². The number of likely N-dealkylation sites (N-methyl/N-ethyl adjacent to an activating group) is 1. The Morgan fingerprint density at radius 3 is 2.25 bits per heavy atom. The largest absolute Gasteiger partial charge is 0.339 e. The molecule has 1 aliphatic heterocycles. The van der Waals surface area contributed by atoms with Gasteiger partial charge in [0.05, 0.1) is 12.8 Å². The van der Waals surface area contributed by atoms with Gasteiger partial charge in [-0.2, -0.15) is 4.31 Å². The van der Waals surface area contributed by atoms with Gasteiger partial charge in [-0.1, -0.05) is 37.3 Å². The fourth-order valence-electron chi connectivity index (χ4n) is 2.99. The molecule has 1 heterocycles. The summed E-state index contributed by atoms with van der Waals surface area (Å²) in [5.74, 6) is -0.126. The van der Waals surface area contributed by atoms with E-state index in [2.05, 4.69) is 11.8 Å². The van der Waals surface area contributed by atoms with Crippen molar-refractivity contribution in [2.24, 2.45) is 0 Å². The number of piperazine rings is 1. The highest BCUT2D eigenvalue weighted by atomic mass is 32.2. The minimum Gasteiger partial charge on any atom is -0.339 e. The smallest absolute Gasteiger partial charge is 0.238 e. The Balaban J connectivity index is 2.08. The van der Waals surface area contributed by atoms with Gasteiger partial charge >= 0.3 is 0 Å². The average Bonchev–Trinajstić information content (AvgIpc) is 2.58. The minimum absolute atomic E-state index is 0.110. The third kappa shape index (κ3) is 4.78. The lowest BCUT2D eigenvalue weighted by Crippen LogP contribution is -2.51. The van der Waals surface area contributed by atoms with Crippen molar-refractivity contribution in [1.82, 2.24) is 14.1 Å². The molecule has 1 atom stereocenters. The van der Waals surface area contributed by atoms with Crippen molar-refractivity contribution in [2.45, 2.75) is 19.9 Å². The quantitative estimate of drug-likeness (QED) is 0.770. The Kier molecular flexibility index (Phi) is 6.37. The summed E-state index contributed by atoms with van der Waals surface area (Å²) >= 11 is 0. The van der Waals surface area contributed by atoms with Crippen molar-refractivity contribution in [3.63, 3.8) is 0 Å². The maximum absolute atomic E-state index is 12.6. The zero-order chi connectivity index (χ0) is 17.7. The van der Waals surface area contributed by atoms with Gasteiger partial charge < -0.3 is 9.80 Å². The number of carbonyl (C=O) groups is 1. The summed E-state index contributed by atoms with van der Waals surface area (Å²) in [5, 5.41) is 0. The summed E-state index contributed by atoms with van der Waals surface area (Å²) in [7, 11) is -3.49. The second kappa shape index (κ2) is 8.09. The number of carbonyl (C=O) groups excluding carboxylic acids is 1. The van der Waals surface area contributed by atoms with Crippen LogP contribution >= 0.6 is 0 Å². The van der Waals surface area contributed by atoms with Crippen LogP contribution in [-0.4, -0.2) is 74.0 Å². The number of hydrogen-bond donors (Lipinski definition) is 0. The van der Waals surface area contributed by atoms with Gasteiger partial charge in [-0.15, -0.1) is 0 Å². The molecule has 0 spiro atoms. The maximum atomic E-state index is 12.6. The summed E-state index contributed by atoms with van der Waals surface area (Å²) in [6.07, 6.45) is 1.16. The van der Waals surface area contributed by atoms with E-state index in [0.29, 0.717) is 13.1 Å². The van der Waals surface area contributed by atoms with Gasteiger partial charge in [0, 0.05) is 32.2 Å². The summed E-state index contributed by atoms with van der Waals surface area (Å²) in [4.78, 5) is 16.6. The van der Waals surface area contributed by atoms with Gasteiger partial charge in [0.2, 0.25) is 15.9 Å². The molecular weight excluding hydrogens is 326 g/mol. The highest BCUT2D eigenvalue weighted by Crippen LogP contribution is 2.22. The number of benzene rings is 1. The molecule has 1 saturated heterocycles. The highest BCUT2D eigenvalue weighted by molar-refractivity contribution is 7.88. The van der Waals surface area contributed by atoms with Gasteiger partial charge in [0.15, 0.2) is 0 Å². The predicted molar refractivity (Wildman–Crippen MR) is 95.1 cm³/mol. The van der Waals surface area contributed by atoms with Crippen LogP contribution in [0.25, 0.3) is 0 Å². The minimum atomic E-state index is -3.49. The Morgan fingerprint density at radius 2 is 1.75 bits per heavy atom. The van der Waals surface area contributed by atoms with Crippen LogP contribution in [0.5, 0.6) is 0 Å². The van der Waals surface area contributed by atoms with E-state index in [1.165, 1.54) is 4.31 Å². The third-order valence-electron chi connectivity index (χ3n) is 4.60. The first-order valence-corrected chi connectivity index (χ1v) is 10.2. The standard InChI is InChI=1S/C17H27N3O3S/c1-4-18-10-12-19(13-11-18)17(21)14-20(24(3,22)23)15(2)16-8-6-5-7-9-16/h5-9,15H,4,10-14H2,1-3H3. The molecule has 1 unspecified atom stereocenters. The van der Waals surface area contributed by atoms with Gasteiger partial charge in [-0.3, -0.25) is 4.79 Å². The fraction of sp³-hybridized carbons (Fsp3) is 0.588. The maximum Gasteiger partial charge on any atom is 0.238 e. The molecular formula is C17H27N3O3S. The van der Waals surface area contributed by atoms with Crippen molar-refractivity contribution in [2.75, 3.05) is 45.5 Å². The number of hydrogen-bond acceptors (Lipinski definition) is 4. The average molecular weight is 353 g/mol. The lowest BCUT2D eigenvalue weighted by molar-refractivity contribution is -0.133. The molecule has 0 N–H and O–H groups in total. The van der Waals surface area contributed by atoms with Crippen molar-refractivity contribution in [1.29, 1.82) is 0 Å². The molecule has 6 nitrogen and oxygen atoms in total. The second-order valence-electron chi connectivity index (χ2n) is 6.21. The topological polar surface area (TPSA) is 60.9 Å². The summed E-state index contributed by atoms with van der Waals surface area (Å²) < 4.78 is 25.7. The Hall–Kier alpha value is -1.44. The molecule has 7 heteroatoms. The van der Waals surface area contributed by atoms with Gasteiger partial charge in [-0.05, 0) is 19.0 Å². The normalized spacial score (nSPS) is 17.9. The molecule has 24 heavy (non-hydrogen) atoms. The van der Waals surface area contributed by atoms with E-state index in [-0.39, 0.29) is 18.5 Å². The van der Waals surface area contributed by atoms with E-state index >= 15 is 0 Å². The number of amides is 1. The molecule has 1 fully saturated rings. The van der Waals surface area contributed by atoms with Gasteiger partial charge in [0.25, 0.3) is 0 Å². The van der Waals surface area contributed by atoms with Crippen LogP contribution in [0.2, 0.25) is 0 Å². The lowest BCUT2D eigenvalue weighted by atomic mass is 10.1. The van der Waals surface area contributed by atoms with Crippen molar-refractivity contribution in [3.8, 4) is 0 Å². The number of rotatable bonds is 6. The van der Waals surface area contributed by atoms with Crippen LogP contribution in [0.1, 0.15) is 25.5 Å². The molecule has 2 rings (SSSR count). The van der Waals surface area contributed by atoms with E-state index in [1.54, 1.807) is 4.90 Å². The summed E-state index contributed by atoms with van der Waals surface area (Å²) in [6.45, 7) is 7.78. The van der Waals surface area contributed by atoms with Crippen LogP contribution < -0.4 is 0 Å². The van der Waals surface area contributed by atoms with Crippen molar-refractivity contribution < 1.29 is 13.2 Å². The number of sulfonamides is 1. The van der Waals surface area contributed by atoms with Crippen molar-refractivity contribution >= 4 is 15.9 Å². The fourth-order valence-corrected chi connectivity index (χ4v) is 4.03. The third-order valence-corrected chi connectivity index (χ3v) is 5.90. The van der Waals surface area contributed by atoms with E-state index in [4.69, 9.17) is 0 Å². The highest BCUT2D eigenvalue weighted by Gasteiger charge is 2.29. The Labute approximate surface area is 145 Å². The monoisotopic (exact) mass is 353 g/mol. The van der Waals surface area contributed by atoms with Crippen molar-refractivity contribution in [3.05, 3.63) is 35.9 Å².